The van der Waals surface area contributed by atoms with E-state index < -0.39 is 30.9 Å². The summed E-state index contributed by atoms with van der Waals surface area (Å²) < 4.78 is 29.2. The van der Waals surface area contributed by atoms with E-state index in [1.807, 2.05) is 60.7 Å². The normalized spacial score (nSPS) is 33.4. The number of hydrogen-bond donors (Lipinski definition) is 1. The Morgan fingerprint density at radius 3 is 2.41 bits per heavy atom. The van der Waals surface area contributed by atoms with Gasteiger partial charge in [0.05, 0.1) is 13.2 Å². The smallest absolute Gasteiger partial charge is 0.186 e. The van der Waals surface area contributed by atoms with Crippen LogP contribution in [-0.4, -0.2) is 49.5 Å². The number of aliphatic hydroxyl groups excluding tert-OH is 1. The Bertz CT molecular complexity index is 709. The Morgan fingerprint density at radius 2 is 1.70 bits per heavy atom. The number of hydrogen-bond acceptors (Lipinski definition) is 6. The molecular weight excluding hydrogens is 348 g/mol. The summed E-state index contributed by atoms with van der Waals surface area (Å²) in [5.41, 5.74) is 1.94. The predicted octanol–water partition coefficient (Wildman–Crippen LogP) is 2.42. The third-order valence-electron chi connectivity index (χ3n) is 4.90. The van der Waals surface area contributed by atoms with Crippen LogP contribution in [-0.2, 0) is 30.3 Å². The number of benzene rings is 2. The number of ether oxygens (including phenoxy) is 5. The highest BCUT2D eigenvalue weighted by Gasteiger charge is 2.50. The van der Waals surface area contributed by atoms with E-state index in [-0.39, 0.29) is 6.10 Å². The maximum atomic E-state index is 10.7. The van der Waals surface area contributed by atoms with Gasteiger partial charge in [0.1, 0.15) is 24.4 Å². The van der Waals surface area contributed by atoms with Crippen molar-refractivity contribution in [2.75, 3.05) is 13.7 Å². The number of fused-ring (bicyclic) bond motifs is 1. The van der Waals surface area contributed by atoms with Crippen LogP contribution in [0.25, 0.3) is 0 Å². The molecule has 2 aliphatic heterocycles. The maximum absolute atomic E-state index is 10.7. The molecule has 2 aromatic carbocycles. The molecule has 2 aromatic rings. The van der Waals surface area contributed by atoms with Crippen molar-refractivity contribution in [1.29, 1.82) is 0 Å². The zero-order chi connectivity index (χ0) is 18.6. The van der Waals surface area contributed by atoms with Gasteiger partial charge in [0.2, 0.25) is 0 Å². The summed E-state index contributed by atoms with van der Waals surface area (Å²) in [6, 6.07) is 19.5. The van der Waals surface area contributed by atoms with E-state index in [0.29, 0.717) is 13.2 Å². The Balaban J connectivity index is 1.51. The second-order valence-corrected chi connectivity index (χ2v) is 6.71. The second kappa shape index (κ2) is 8.48. The monoisotopic (exact) mass is 372 g/mol. The highest BCUT2D eigenvalue weighted by molar-refractivity contribution is 5.17. The maximum Gasteiger partial charge on any atom is 0.186 e. The molecule has 6 atom stereocenters. The van der Waals surface area contributed by atoms with E-state index in [4.69, 9.17) is 23.7 Å². The first-order chi connectivity index (χ1) is 13.3. The van der Waals surface area contributed by atoms with Gasteiger partial charge < -0.3 is 28.8 Å². The van der Waals surface area contributed by atoms with Crippen molar-refractivity contribution in [2.24, 2.45) is 0 Å². The lowest BCUT2D eigenvalue weighted by atomic mass is 9.97. The van der Waals surface area contributed by atoms with Crippen molar-refractivity contribution < 1.29 is 28.8 Å². The van der Waals surface area contributed by atoms with E-state index in [1.165, 1.54) is 7.11 Å². The summed E-state index contributed by atoms with van der Waals surface area (Å²) in [6.45, 7) is 0.699. The topological polar surface area (TPSA) is 66.4 Å². The molecule has 1 N–H and O–H groups in total. The molecule has 0 spiro atoms. The third kappa shape index (κ3) is 4.06. The fourth-order valence-electron chi connectivity index (χ4n) is 3.49. The van der Waals surface area contributed by atoms with E-state index in [1.54, 1.807) is 0 Å². The summed E-state index contributed by atoms with van der Waals surface area (Å²) in [6.07, 6.45) is -3.70. The molecular formula is C21H24O6. The van der Waals surface area contributed by atoms with Gasteiger partial charge in [-0.15, -0.1) is 0 Å². The molecule has 6 heteroatoms. The molecule has 2 saturated heterocycles. The zero-order valence-electron chi connectivity index (χ0n) is 15.1. The van der Waals surface area contributed by atoms with Crippen LogP contribution in [0.15, 0.2) is 60.7 Å². The van der Waals surface area contributed by atoms with E-state index in [0.717, 1.165) is 11.1 Å². The van der Waals surface area contributed by atoms with Gasteiger partial charge in [0, 0.05) is 12.7 Å². The first-order valence-corrected chi connectivity index (χ1v) is 9.10. The molecule has 0 radical (unpaired) electrons. The van der Waals surface area contributed by atoms with Crippen LogP contribution in [0.3, 0.4) is 0 Å². The number of methoxy groups -OCH3 is 1. The average molecular weight is 372 g/mol. The van der Waals surface area contributed by atoms with Crippen molar-refractivity contribution in [3.05, 3.63) is 71.8 Å². The second-order valence-electron chi connectivity index (χ2n) is 6.71. The van der Waals surface area contributed by atoms with Crippen molar-refractivity contribution in [3.63, 3.8) is 0 Å². The summed E-state index contributed by atoms with van der Waals surface area (Å²) in [7, 11) is 1.50. The molecule has 0 aliphatic carbocycles. The lowest BCUT2D eigenvalue weighted by Gasteiger charge is -2.47. The van der Waals surface area contributed by atoms with Crippen LogP contribution >= 0.6 is 0 Å². The van der Waals surface area contributed by atoms with Gasteiger partial charge in [-0.05, 0) is 5.56 Å². The molecule has 0 saturated carbocycles. The molecule has 144 valence electrons. The fourth-order valence-corrected chi connectivity index (χ4v) is 3.49. The van der Waals surface area contributed by atoms with Gasteiger partial charge in [0.25, 0.3) is 0 Å². The summed E-state index contributed by atoms with van der Waals surface area (Å²) in [5, 5.41) is 10.7. The van der Waals surface area contributed by atoms with Crippen LogP contribution in [0, 0.1) is 0 Å². The summed E-state index contributed by atoms with van der Waals surface area (Å²) in [5.74, 6) is 0. The van der Waals surface area contributed by atoms with Gasteiger partial charge in [0.15, 0.2) is 12.6 Å². The Hall–Kier alpha value is -1.80. The first-order valence-electron chi connectivity index (χ1n) is 9.10. The van der Waals surface area contributed by atoms with Crippen LogP contribution in [0.4, 0.5) is 0 Å². The van der Waals surface area contributed by atoms with Crippen LogP contribution in [0.1, 0.15) is 17.4 Å². The molecule has 0 aromatic heterocycles. The molecule has 2 fully saturated rings. The molecule has 0 amide bonds. The number of rotatable bonds is 5. The van der Waals surface area contributed by atoms with Crippen molar-refractivity contribution in [1.82, 2.24) is 0 Å². The minimum absolute atomic E-state index is 0.335. The van der Waals surface area contributed by atoms with Crippen LogP contribution in [0.5, 0.6) is 0 Å². The minimum atomic E-state index is -0.963. The molecule has 27 heavy (non-hydrogen) atoms. The highest BCUT2D eigenvalue weighted by Crippen LogP contribution is 2.35. The van der Waals surface area contributed by atoms with E-state index >= 15 is 0 Å². The molecule has 0 bridgehead atoms. The highest BCUT2D eigenvalue weighted by atomic mass is 16.8. The minimum Gasteiger partial charge on any atom is -0.385 e. The molecule has 6 nitrogen and oxygen atoms in total. The standard InChI is InChI=1S/C21H24O6/c1-23-21-17(22)19(24-12-14-8-4-2-5-9-14)18-16(26-21)13-25-20(27-18)15-10-6-3-7-11-15/h2-11,16-22H,12-13H2,1H3/t16-,17-,18-,19-,20-,21-/m1/s1. The molecule has 2 aliphatic rings. The zero-order valence-corrected chi connectivity index (χ0v) is 15.1. The first kappa shape index (κ1) is 18.6. The van der Waals surface area contributed by atoms with Gasteiger partial charge in [-0.1, -0.05) is 60.7 Å². The van der Waals surface area contributed by atoms with Gasteiger partial charge in [-0.3, -0.25) is 0 Å². The number of aliphatic hydroxyl groups is 1. The van der Waals surface area contributed by atoms with Gasteiger partial charge in [-0.25, -0.2) is 0 Å². The molecule has 2 heterocycles. The Morgan fingerprint density at radius 1 is 1.00 bits per heavy atom. The van der Waals surface area contributed by atoms with E-state index in [2.05, 4.69) is 0 Å². The molecule has 4 rings (SSSR count). The van der Waals surface area contributed by atoms with Crippen LogP contribution in [0.2, 0.25) is 0 Å². The summed E-state index contributed by atoms with van der Waals surface area (Å²) in [4.78, 5) is 0. The Labute approximate surface area is 158 Å². The SMILES string of the molecule is CO[C@@H]1O[C@@H]2CO[C@@H](c3ccccc3)O[C@H]2[C@H](OCc2ccccc2)[C@H]1O. The quantitative estimate of drug-likeness (QED) is 0.870. The van der Waals surface area contributed by atoms with Crippen molar-refractivity contribution in [3.8, 4) is 0 Å². The predicted molar refractivity (Wildman–Crippen MR) is 96.7 cm³/mol. The van der Waals surface area contributed by atoms with E-state index in [9.17, 15) is 5.11 Å². The van der Waals surface area contributed by atoms with Crippen LogP contribution < -0.4 is 0 Å². The third-order valence-corrected chi connectivity index (χ3v) is 4.90. The molecule has 0 unspecified atom stereocenters. The fraction of sp³-hybridized carbons (Fsp3) is 0.429. The lowest BCUT2D eigenvalue weighted by Crippen LogP contribution is -2.62. The average Bonchev–Trinajstić information content (AvgIpc) is 2.74. The van der Waals surface area contributed by atoms with Crippen molar-refractivity contribution in [2.45, 2.75) is 43.6 Å². The largest absolute Gasteiger partial charge is 0.385 e. The van der Waals surface area contributed by atoms with Gasteiger partial charge >= 0.3 is 0 Å². The Kier molecular flexibility index (Phi) is 5.83. The lowest BCUT2D eigenvalue weighted by molar-refractivity contribution is -0.363. The summed E-state index contributed by atoms with van der Waals surface area (Å²) >= 11 is 0. The van der Waals surface area contributed by atoms with Crippen molar-refractivity contribution >= 4 is 0 Å². The van der Waals surface area contributed by atoms with Gasteiger partial charge in [-0.2, -0.15) is 0 Å².